The van der Waals surface area contributed by atoms with Gasteiger partial charge in [0, 0.05) is 16.7 Å². The predicted octanol–water partition coefficient (Wildman–Crippen LogP) is 6.02. The first kappa shape index (κ1) is 17.1. The van der Waals surface area contributed by atoms with Gasteiger partial charge in [0.05, 0.1) is 12.5 Å². The molecule has 0 radical (unpaired) electrons. The third-order valence-electron chi connectivity index (χ3n) is 4.92. The maximum absolute atomic E-state index is 6.25. The third-order valence-corrected chi connectivity index (χ3v) is 5.96. The SMILES string of the molecule is COc1cccc(C2CCC(n3cc(Br)c4c(Cl)nc(Cl)nc43)C2)c1. The Morgan fingerprint density at radius 3 is 2.88 bits per heavy atom. The normalized spacial score (nSPS) is 20.3. The van der Waals surface area contributed by atoms with E-state index in [0.717, 1.165) is 40.5 Å². The summed E-state index contributed by atoms with van der Waals surface area (Å²) in [5.74, 6) is 1.41. The number of rotatable bonds is 3. The summed E-state index contributed by atoms with van der Waals surface area (Å²) in [6.45, 7) is 0. The molecule has 0 bridgehead atoms. The van der Waals surface area contributed by atoms with E-state index in [4.69, 9.17) is 27.9 Å². The number of hydrogen-bond acceptors (Lipinski definition) is 3. The van der Waals surface area contributed by atoms with Gasteiger partial charge in [-0.3, -0.25) is 0 Å². The van der Waals surface area contributed by atoms with Crippen molar-refractivity contribution >= 4 is 50.2 Å². The molecule has 0 amide bonds. The first-order chi connectivity index (χ1) is 12.1. The number of aromatic nitrogens is 3. The average molecular weight is 441 g/mol. The zero-order chi connectivity index (χ0) is 17.6. The molecule has 0 aliphatic heterocycles. The fourth-order valence-corrected chi connectivity index (χ4v) is 4.90. The van der Waals surface area contributed by atoms with Crippen LogP contribution in [-0.4, -0.2) is 21.6 Å². The van der Waals surface area contributed by atoms with Gasteiger partial charge in [0.1, 0.15) is 16.5 Å². The molecule has 1 fully saturated rings. The molecule has 1 aliphatic carbocycles. The molecule has 2 heterocycles. The van der Waals surface area contributed by atoms with Gasteiger partial charge in [-0.15, -0.1) is 0 Å². The molecule has 3 aromatic rings. The van der Waals surface area contributed by atoms with Gasteiger partial charge in [0.15, 0.2) is 0 Å². The van der Waals surface area contributed by atoms with E-state index in [2.05, 4.69) is 48.7 Å². The molecule has 1 aromatic carbocycles. The van der Waals surface area contributed by atoms with Crippen LogP contribution in [0.5, 0.6) is 5.75 Å². The lowest BCUT2D eigenvalue weighted by atomic mass is 9.97. The summed E-state index contributed by atoms with van der Waals surface area (Å²) in [7, 11) is 1.70. The molecule has 0 saturated heterocycles. The van der Waals surface area contributed by atoms with Crippen LogP contribution in [0.25, 0.3) is 11.0 Å². The van der Waals surface area contributed by atoms with Crippen LogP contribution in [0.15, 0.2) is 34.9 Å². The van der Waals surface area contributed by atoms with E-state index in [-0.39, 0.29) is 5.28 Å². The number of benzene rings is 1. The lowest BCUT2D eigenvalue weighted by Crippen LogP contribution is -2.05. The Bertz CT molecular complexity index is 943. The summed E-state index contributed by atoms with van der Waals surface area (Å²) in [4.78, 5) is 8.46. The van der Waals surface area contributed by atoms with Gasteiger partial charge in [0.2, 0.25) is 5.28 Å². The highest BCUT2D eigenvalue weighted by atomic mass is 79.9. The molecule has 0 N–H and O–H groups in total. The minimum Gasteiger partial charge on any atom is -0.497 e. The Balaban J connectivity index is 1.67. The molecule has 7 heteroatoms. The molecule has 25 heavy (non-hydrogen) atoms. The second kappa shape index (κ2) is 6.78. The number of hydrogen-bond donors (Lipinski definition) is 0. The predicted molar refractivity (Wildman–Crippen MR) is 104 cm³/mol. The number of nitrogens with zero attached hydrogens (tertiary/aromatic N) is 3. The number of halogens is 3. The molecule has 2 unspecified atom stereocenters. The van der Waals surface area contributed by atoms with Crippen molar-refractivity contribution in [1.82, 2.24) is 14.5 Å². The van der Waals surface area contributed by atoms with Crippen molar-refractivity contribution in [1.29, 1.82) is 0 Å². The smallest absolute Gasteiger partial charge is 0.225 e. The van der Waals surface area contributed by atoms with Crippen molar-refractivity contribution in [2.24, 2.45) is 0 Å². The van der Waals surface area contributed by atoms with Crippen LogP contribution in [0.3, 0.4) is 0 Å². The molecule has 4 rings (SSSR count). The van der Waals surface area contributed by atoms with Crippen LogP contribution in [0.4, 0.5) is 0 Å². The summed E-state index contributed by atoms with van der Waals surface area (Å²) >= 11 is 15.8. The highest BCUT2D eigenvalue weighted by Crippen LogP contribution is 2.44. The summed E-state index contributed by atoms with van der Waals surface area (Å²) in [5, 5.41) is 1.37. The molecule has 1 aliphatic rings. The molecule has 1 saturated carbocycles. The second-order valence-corrected chi connectivity index (χ2v) is 7.86. The summed E-state index contributed by atoms with van der Waals surface area (Å²) in [6.07, 6.45) is 5.29. The number of ether oxygens (including phenoxy) is 1. The lowest BCUT2D eigenvalue weighted by molar-refractivity contribution is 0.413. The van der Waals surface area contributed by atoms with Crippen LogP contribution in [0, 0.1) is 0 Å². The van der Waals surface area contributed by atoms with Crippen LogP contribution in [0.1, 0.15) is 36.8 Å². The lowest BCUT2D eigenvalue weighted by Gasteiger charge is -2.15. The summed E-state index contributed by atoms with van der Waals surface area (Å²) in [6, 6.07) is 8.69. The Morgan fingerprint density at radius 1 is 1.24 bits per heavy atom. The highest BCUT2D eigenvalue weighted by molar-refractivity contribution is 9.10. The summed E-state index contributed by atoms with van der Waals surface area (Å²) in [5.41, 5.74) is 2.11. The van der Waals surface area contributed by atoms with Gasteiger partial charge in [-0.05, 0) is 70.4 Å². The highest BCUT2D eigenvalue weighted by Gasteiger charge is 2.29. The first-order valence-corrected chi connectivity index (χ1v) is 9.64. The van der Waals surface area contributed by atoms with E-state index >= 15 is 0 Å². The number of methoxy groups -OCH3 is 1. The molecule has 0 spiro atoms. The van der Waals surface area contributed by atoms with Crippen LogP contribution < -0.4 is 4.74 Å². The van der Waals surface area contributed by atoms with Gasteiger partial charge >= 0.3 is 0 Å². The van der Waals surface area contributed by atoms with Crippen LogP contribution in [0.2, 0.25) is 10.4 Å². The fourth-order valence-electron chi connectivity index (χ4n) is 3.72. The minimum absolute atomic E-state index is 0.173. The van der Waals surface area contributed by atoms with Crippen molar-refractivity contribution in [2.45, 2.75) is 31.2 Å². The third kappa shape index (κ3) is 3.14. The van der Waals surface area contributed by atoms with Gasteiger partial charge in [0.25, 0.3) is 0 Å². The first-order valence-electron chi connectivity index (χ1n) is 8.10. The fraction of sp³-hybridized carbons (Fsp3) is 0.333. The van der Waals surface area contributed by atoms with E-state index in [1.54, 1.807) is 7.11 Å². The molecule has 2 aromatic heterocycles. The Labute approximate surface area is 164 Å². The van der Waals surface area contributed by atoms with Gasteiger partial charge < -0.3 is 9.30 Å². The number of fused-ring (bicyclic) bond motifs is 1. The maximum atomic E-state index is 6.25. The topological polar surface area (TPSA) is 39.9 Å². The van der Waals surface area contributed by atoms with Crippen LogP contribution in [-0.2, 0) is 0 Å². The van der Waals surface area contributed by atoms with Crippen molar-refractivity contribution in [3.8, 4) is 5.75 Å². The van der Waals surface area contributed by atoms with Gasteiger partial charge in [-0.1, -0.05) is 23.7 Å². The Morgan fingerprint density at radius 2 is 2.08 bits per heavy atom. The van der Waals surface area contributed by atoms with E-state index in [9.17, 15) is 0 Å². The molecule has 4 nitrogen and oxygen atoms in total. The van der Waals surface area contributed by atoms with Crippen molar-refractivity contribution in [3.05, 3.63) is 50.9 Å². The van der Waals surface area contributed by atoms with Crippen LogP contribution >= 0.6 is 39.1 Å². The summed E-state index contributed by atoms with van der Waals surface area (Å²) < 4.78 is 8.43. The Hall–Kier alpha value is -1.30. The second-order valence-electron chi connectivity index (χ2n) is 6.31. The molecular weight excluding hydrogens is 425 g/mol. The largest absolute Gasteiger partial charge is 0.497 e. The Kier molecular flexibility index (Phi) is 4.65. The standard InChI is InChI=1S/C18H16BrCl2N3O/c1-25-13-4-2-3-10(8-13)11-5-6-12(7-11)24-9-14(19)15-16(20)22-18(21)23-17(15)24/h2-4,8-9,11-12H,5-7H2,1H3. The molecular formula is C18H16BrCl2N3O. The minimum atomic E-state index is 0.173. The van der Waals surface area contributed by atoms with Crippen molar-refractivity contribution < 1.29 is 4.74 Å². The van der Waals surface area contributed by atoms with E-state index in [1.165, 1.54) is 5.56 Å². The van der Waals surface area contributed by atoms with Gasteiger partial charge in [-0.25, -0.2) is 4.98 Å². The quantitative estimate of drug-likeness (QED) is 0.369. The van der Waals surface area contributed by atoms with Crippen molar-refractivity contribution in [2.75, 3.05) is 7.11 Å². The van der Waals surface area contributed by atoms with E-state index in [0.29, 0.717) is 17.1 Å². The van der Waals surface area contributed by atoms with Crippen molar-refractivity contribution in [3.63, 3.8) is 0 Å². The average Bonchev–Trinajstić information content (AvgIpc) is 3.20. The maximum Gasteiger partial charge on any atom is 0.225 e. The van der Waals surface area contributed by atoms with E-state index in [1.807, 2.05) is 12.3 Å². The monoisotopic (exact) mass is 439 g/mol. The zero-order valence-electron chi connectivity index (χ0n) is 13.5. The van der Waals surface area contributed by atoms with Gasteiger partial charge in [-0.2, -0.15) is 4.98 Å². The zero-order valence-corrected chi connectivity index (χ0v) is 16.6. The molecule has 2 atom stereocenters. The molecule has 130 valence electrons. The van der Waals surface area contributed by atoms with E-state index < -0.39 is 0 Å².